The average molecular weight is 453 g/mol. The topological polar surface area (TPSA) is 84.5 Å². The third-order valence-corrected chi connectivity index (χ3v) is 6.49. The quantitative estimate of drug-likeness (QED) is 0.489. The van der Waals surface area contributed by atoms with Crippen molar-refractivity contribution in [3.8, 4) is 5.75 Å². The van der Waals surface area contributed by atoms with Gasteiger partial charge < -0.3 is 10.1 Å². The number of benzene rings is 3. The Morgan fingerprint density at radius 1 is 0.906 bits per heavy atom. The first-order valence-electron chi connectivity index (χ1n) is 10.5. The van der Waals surface area contributed by atoms with Crippen LogP contribution < -0.4 is 14.8 Å². The normalized spacial score (nSPS) is 13.2. The van der Waals surface area contributed by atoms with E-state index in [-0.39, 0.29) is 23.3 Å². The fourth-order valence-corrected chi connectivity index (χ4v) is 4.51. The molecule has 3 aromatic rings. The first-order valence-corrected chi connectivity index (χ1v) is 12.0. The van der Waals surface area contributed by atoms with Crippen molar-refractivity contribution in [3.05, 3.63) is 96.1 Å². The van der Waals surface area contributed by atoms with Crippen LogP contribution in [-0.4, -0.2) is 27.0 Å². The van der Waals surface area contributed by atoms with Crippen LogP contribution in [-0.2, 0) is 21.2 Å². The number of nitrogens with one attached hydrogen (secondary N) is 2. The molecule has 6 nitrogen and oxygen atoms in total. The first kappa shape index (κ1) is 23.5. The molecule has 0 bridgehead atoms. The third-order valence-electron chi connectivity index (χ3n) is 5.00. The van der Waals surface area contributed by atoms with Gasteiger partial charge in [-0.25, -0.2) is 8.42 Å². The number of hydrogen-bond acceptors (Lipinski definition) is 4. The fourth-order valence-electron chi connectivity index (χ4n) is 3.31. The van der Waals surface area contributed by atoms with Crippen molar-refractivity contribution < 1.29 is 17.9 Å². The standard InChI is InChI=1S/C25H28N2O4S/c1-3-31-22-14-16-23(17-15-22)32(29,30)27-24(18-20-10-6-4-7-11-20)25(28)26-19(2)21-12-8-5-9-13-21/h4-17,19,24,27H,3,18H2,1-2H3,(H,26,28)/t19-,24+/m1/s1. The summed E-state index contributed by atoms with van der Waals surface area (Å²) in [7, 11) is -3.92. The van der Waals surface area contributed by atoms with Crippen molar-refractivity contribution in [3.63, 3.8) is 0 Å². The number of carbonyl (C=O) groups excluding carboxylic acids is 1. The van der Waals surface area contributed by atoms with Gasteiger partial charge >= 0.3 is 0 Å². The van der Waals surface area contributed by atoms with E-state index in [9.17, 15) is 13.2 Å². The van der Waals surface area contributed by atoms with Crippen LogP contribution in [0.5, 0.6) is 5.75 Å². The molecule has 0 radical (unpaired) electrons. The first-order chi connectivity index (χ1) is 15.4. The highest BCUT2D eigenvalue weighted by Crippen LogP contribution is 2.18. The Labute approximate surface area is 189 Å². The summed E-state index contributed by atoms with van der Waals surface area (Å²) < 4.78 is 34.0. The molecular weight excluding hydrogens is 424 g/mol. The van der Waals surface area contributed by atoms with E-state index in [4.69, 9.17) is 4.74 Å². The van der Waals surface area contributed by atoms with Crippen molar-refractivity contribution >= 4 is 15.9 Å². The Hall–Kier alpha value is -3.16. The number of rotatable bonds is 10. The van der Waals surface area contributed by atoms with E-state index in [1.54, 1.807) is 12.1 Å². The predicted octanol–water partition coefficient (Wildman–Crippen LogP) is 3.85. The lowest BCUT2D eigenvalue weighted by Crippen LogP contribution is -2.48. The minimum atomic E-state index is -3.92. The van der Waals surface area contributed by atoms with Gasteiger partial charge in [-0.05, 0) is 55.7 Å². The second-order valence-electron chi connectivity index (χ2n) is 7.41. The zero-order chi connectivity index (χ0) is 23.0. The summed E-state index contributed by atoms with van der Waals surface area (Å²) in [6, 6.07) is 23.8. The van der Waals surface area contributed by atoms with Crippen LogP contribution in [0.25, 0.3) is 0 Å². The summed E-state index contributed by atoms with van der Waals surface area (Å²) in [6.07, 6.45) is 0.227. The molecule has 0 unspecified atom stereocenters. The third kappa shape index (κ3) is 6.42. The zero-order valence-electron chi connectivity index (χ0n) is 18.2. The molecule has 0 fully saturated rings. The molecule has 0 saturated carbocycles. The minimum absolute atomic E-state index is 0.0722. The lowest BCUT2D eigenvalue weighted by atomic mass is 10.0. The SMILES string of the molecule is CCOc1ccc(S(=O)(=O)N[C@@H](Cc2ccccc2)C(=O)N[C@H](C)c2ccccc2)cc1. The highest BCUT2D eigenvalue weighted by atomic mass is 32.2. The van der Waals surface area contributed by atoms with Crippen molar-refractivity contribution in [2.24, 2.45) is 0 Å². The van der Waals surface area contributed by atoms with Crippen molar-refractivity contribution in [1.29, 1.82) is 0 Å². The fraction of sp³-hybridized carbons (Fsp3) is 0.240. The smallest absolute Gasteiger partial charge is 0.241 e. The van der Waals surface area contributed by atoms with Crippen LogP contribution in [0.4, 0.5) is 0 Å². The van der Waals surface area contributed by atoms with Gasteiger partial charge in [0.05, 0.1) is 17.5 Å². The van der Waals surface area contributed by atoms with E-state index < -0.39 is 16.1 Å². The van der Waals surface area contributed by atoms with Crippen molar-refractivity contribution in [1.82, 2.24) is 10.0 Å². The predicted molar refractivity (Wildman–Crippen MR) is 125 cm³/mol. The van der Waals surface area contributed by atoms with Gasteiger partial charge in [-0.3, -0.25) is 4.79 Å². The van der Waals surface area contributed by atoms with E-state index in [1.165, 1.54) is 12.1 Å². The maximum atomic E-state index is 13.1. The molecule has 2 atom stereocenters. The minimum Gasteiger partial charge on any atom is -0.494 e. The number of ether oxygens (including phenoxy) is 1. The zero-order valence-corrected chi connectivity index (χ0v) is 19.0. The van der Waals surface area contributed by atoms with Crippen LogP contribution >= 0.6 is 0 Å². The van der Waals surface area contributed by atoms with E-state index in [0.29, 0.717) is 12.4 Å². The number of sulfonamides is 1. The maximum Gasteiger partial charge on any atom is 0.241 e. The number of amides is 1. The number of carbonyl (C=O) groups is 1. The summed E-state index contributed by atoms with van der Waals surface area (Å²) in [5, 5.41) is 2.93. The summed E-state index contributed by atoms with van der Waals surface area (Å²) in [6.45, 7) is 4.21. The van der Waals surface area contributed by atoms with Crippen LogP contribution in [0.1, 0.15) is 31.0 Å². The van der Waals surface area contributed by atoms with Crippen LogP contribution in [0, 0.1) is 0 Å². The van der Waals surface area contributed by atoms with E-state index in [0.717, 1.165) is 11.1 Å². The molecule has 0 heterocycles. The Bertz CT molecular complexity index is 1100. The molecule has 3 rings (SSSR count). The lowest BCUT2D eigenvalue weighted by Gasteiger charge is -2.22. The van der Waals surface area contributed by atoms with Gasteiger partial charge in [-0.1, -0.05) is 60.7 Å². The van der Waals surface area contributed by atoms with E-state index >= 15 is 0 Å². The highest BCUT2D eigenvalue weighted by Gasteiger charge is 2.27. The average Bonchev–Trinajstić information content (AvgIpc) is 2.80. The van der Waals surface area contributed by atoms with Gasteiger partial charge in [0.1, 0.15) is 11.8 Å². The molecule has 0 aliphatic heterocycles. The highest BCUT2D eigenvalue weighted by molar-refractivity contribution is 7.89. The molecule has 168 valence electrons. The molecule has 32 heavy (non-hydrogen) atoms. The lowest BCUT2D eigenvalue weighted by molar-refractivity contribution is -0.123. The molecule has 1 amide bonds. The van der Waals surface area contributed by atoms with Gasteiger partial charge in [-0.2, -0.15) is 4.72 Å². The Kier molecular flexibility index (Phi) is 8.03. The molecule has 0 aliphatic rings. The van der Waals surface area contributed by atoms with Crippen molar-refractivity contribution in [2.75, 3.05) is 6.61 Å². The van der Waals surface area contributed by atoms with E-state index in [1.807, 2.05) is 74.5 Å². The van der Waals surface area contributed by atoms with E-state index in [2.05, 4.69) is 10.0 Å². The van der Waals surface area contributed by atoms with Gasteiger partial charge in [0.2, 0.25) is 15.9 Å². The van der Waals surface area contributed by atoms with Gasteiger partial charge in [-0.15, -0.1) is 0 Å². The molecule has 0 spiro atoms. The largest absolute Gasteiger partial charge is 0.494 e. The Morgan fingerprint density at radius 3 is 2.09 bits per heavy atom. The van der Waals surface area contributed by atoms with Gasteiger partial charge in [0.25, 0.3) is 0 Å². The van der Waals surface area contributed by atoms with Crippen molar-refractivity contribution in [2.45, 2.75) is 37.2 Å². The van der Waals surface area contributed by atoms with Gasteiger partial charge in [0, 0.05) is 0 Å². The van der Waals surface area contributed by atoms with Crippen LogP contribution in [0.2, 0.25) is 0 Å². The summed E-state index contributed by atoms with van der Waals surface area (Å²) >= 11 is 0. The second-order valence-corrected chi connectivity index (χ2v) is 9.12. The second kappa shape index (κ2) is 10.9. The Balaban J connectivity index is 1.80. The molecule has 7 heteroatoms. The monoisotopic (exact) mass is 452 g/mol. The summed E-state index contributed by atoms with van der Waals surface area (Å²) in [5.74, 6) is 0.196. The molecule has 0 saturated heterocycles. The van der Waals surface area contributed by atoms with Crippen LogP contribution in [0.15, 0.2) is 89.8 Å². The molecule has 0 aromatic heterocycles. The molecule has 2 N–H and O–H groups in total. The van der Waals surface area contributed by atoms with Crippen LogP contribution in [0.3, 0.4) is 0 Å². The van der Waals surface area contributed by atoms with Gasteiger partial charge in [0.15, 0.2) is 0 Å². The molecular formula is C25H28N2O4S. The molecule has 0 aliphatic carbocycles. The maximum absolute atomic E-state index is 13.1. The summed E-state index contributed by atoms with van der Waals surface area (Å²) in [4.78, 5) is 13.2. The number of hydrogen-bond donors (Lipinski definition) is 2. The Morgan fingerprint density at radius 2 is 1.50 bits per heavy atom. The summed E-state index contributed by atoms with van der Waals surface area (Å²) in [5.41, 5.74) is 1.79. The molecule has 3 aromatic carbocycles.